The molecule has 0 amide bonds. The Morgan fingerprint density at radius 1 is 1.50 bits per heavy atom. The zero-order valence-corrected chi connectivity index (χ0v) is 7.49. The summed E-state index contributed by atoms with van der Waals surface area (Å²) in [5, 5.41) is 9.58. The molecular weight excluding hydrogens is 152 g/mol. The quantitative estimate of drug-likeness (QED) is 0.686. The van der Waals surface area contributed by atoms with Crippen LogP contribution in [-0.4, -0.2) is 5.11 Å². The third kappa shape index (κ3) is 2.70. The van der Waals surface area contributed by atoms with Crippen LogP contribution in [0.5, 0.6) is 0 Å². The average Bonchev–Trinajstić information content (AvgIpc) is 2.56. The molecule has 0 aliphatic carbocycles. The lowest BCUT2D eigenvalue weighted by Gasteiger charge is -2.06. The predicted octanol–water partition coefficient (Wildman–Crippen LogP) is 2.89. The number of furan rings is 1. The van der Waals surface area contributed by atoms with E-state index in [0.717, 1.165) is 18.4 Å². The van der Waals surface area contributed by atoms with Crippen molar-refractivity contribution in [3.63, 3.8) is 0 Å². The summed E-state index contributed by atoms with van der Waals surface area (Å²) >= 11 is 0. The fourth-order valence-electron chi connectivity index (χ4n) is 1.22. The first kappa shape index (κ1) is 9.33. The normalized spacial score (nSPS) is 13.2. The standard InChI is InChI=1S/C10H16O2/c1-2-3-4-5-10(11)9-6-7-12-8-9/h6-8,10-11H,2-5H2,1H3. The van der Waals surface area contributed by atoms with Crippen molar-refractivity contribution in [3.05, 3.63) is 24.2 Å². The van der Waals surface area contributed by atoms with Crippen LogP contribution >= 0.6 is 0 Å². The number of hydrogen-bond acceptors (Lipinski definition) is 2. The van der Waals surface area contributed by atoms with Crippen molar-refractivity contribution in [1.82, 2.24) is 0 Å². The van der Waals surface area contributed by atoms with E-state index < -0.39 is 0 Å². The van der Waals surface area contributed by atoms with Crippen LogP contribution in [0.25, 0.3) is 0 Å². The molecule has 0 fully saturated rings. The fourth-order valence-corrected chi connectivity index (χ4v) is 1.22. The number of unbranched alkanes of at least 4 members (excludes halogenated alkanes) is 2. The summed E-state index contributed by atoms with van der Waals surface area (Å²) in [4.78, 5) is 0. The van der Waals surface area contributed by atoms with Gasteiger partial charge in [0.05, 0.1) is 18.6 Å². The van der Waals surface area contributed by atoms with Gasteiger partial charge in [0.25, 0.3) is 0 Å². The van der Waals surface area contributed by atoms with Gasteiger partial charge in [-0.3, -0.25) is 0 Å². The SMILES string of the molecule is CCCCCC(O)c1ccoc1. The smallest absolute Gasteiger partial charge is 0.0960 e. The summed E-state index contributed by atoms with van der Waals surface area (Å²) in [6.07, 6.45) is 7.17. The predicted molar refractivity (Wildman–Crippen MR) is 47.8 cm³/mol. The molecule has 1 rings (SSSR count). The highest BCUT2D eigenvalue weighted by Gasteiger charge is 2.07. The van der Waals surface area contributed by atoms with Gasteiger partial charge in [0.1, 0.15) is 0 Å². The number of aliphatic hydroxyl groups excluding tert-OH is 1. The molecule has 2 nitrogen and oxygen atoms in total. The highest BCUT2D eigenvalue weighted by molar-refractivity contribution is 5.08. The Bertz CT molecular complexity index is 192. The van der Waals surface area contributed by atoms with E-state index in [0.29, 0.717) is 0 Å². The number of aliphatic hydroxyl groups is 1. The molecule has 0 aliphatic heterocycles. The molecule has 0 spiro atoms. The van der Waals surface area contributed by atoms with Crippen LogP contribution in [0, 0.1) is 0 Å². The zero-order valence-electron chi connectivity index (χ0n) is 7.49. The first-order valence-corrected chi connectivity index (χ1v) is 4.54. The van der Waals surface area contributed by atoms with Crippen molar-refractivity contribution >= 4 is 0 Å². The molecule has 12 heavy (non-hydrogen) atoms. The maximum atomic E-state index is 9.58. The molecule has 68 valence electrons. The first-order chi connectivity index (χ1) is 5.84. The van der Waals surface area contributed by atoms with E-state index in [1.165, 1.54) is 12.8 Å². The molecule has 2 heteroatoms. The van der Waals surface area contributed by atoms with Crippen LogP contribution in [0.4, 0.5) is 0 Å². The molecule has 1 heterocycles. The summed E-state index contributed by atoms with van der Waals surface area (Å²) in [6.45, 7) is 2.16. The van der Waals surface area contributed by atoms with E-state index in [2.05, 4.69) is 6.92 Å². The Balaban J connectivity index is 2.25. The van der Waals surface area contributed by atoms with Gasteiger partial charge < -0.3 is 9.52 Å². The second-order valence-corrected chi connectivity index (χ2v) is 3.07. The molecule has 1 N–H and O–H groups in total. The maximum absolute atomic E-state index is 9.58. The average molecular weight is 168 g/mol. The lowest BCUT2D eigenvalue weighted by molar-refractivity contribution is 0.163. The number of rotatable bonds is 5. The van der Waals surface area contributed by atoms with Crippen molar-refractivity contribution in [1.29, 1.82) is 0 Å². The topological polar surface area (TPSA) is 33.4 Å². The highest BCUT2D eigenvalue weighted by Crippen LogP contribution is 2.19. The summed E-state index contributed by atoms with van der Waals surface area (Å²) in [5.41, 5.74) is 0.895. The Kier molecular flexibility index (Phi) is 3.88. The van der Waals surface area contributed by atoms with Gasteiger partial charge in [0, 0.05) is 5.56 Å². The molecule has 1 unspecified atom stereocenters. The van der Waals surface area contributed by atoms with E-state index in [1.54, 1.807) is 12.5 Å². The second-order valence-electron chi connectivity index (χ2n) is 3.07. The van der Waals surface area contributed by atoms with Gasteiger partial charge in [0.2, 0.25) is 0 Å². The van der Waals surface area contributed by atoms with Crippen LogP contribution in [-0.2, 0) is 0 Å². The van der Waals surface area contributed by atoms with Crippen LogP contribution < -0.4 is 0 Å². The molecule has 1 aromatic heterocycles. The van der Waals surface area contributed by atoms with Crippen LogP contribution in [0.15, 0.2) is 23.0 Å². The Morgan fingerprint density at radius 3 is 2.92 bits per heavy atom. The van der Waals surface area contributed by atoms with Gasteiger partial charge in [-0.25, -0.2) is 0 Å². The van der Waals surface area contributed by atoms with E-state index in [-0.39, 0.29) is 6.10 Å². The zero-order chi connectivity index (χ0) is 8.81. The van der Waals surface area contributed by atoms with Crippen LogP contribution in [0.2, 0.25) is 0 Å². The van der Waals surface area contributed by atoms with Crippen LogP contribution in [0.1, 0.15) is 44.3 Å². The Hall–Kier alpha value is -0.760. The van der Waals surface area contributed by atoms with E-state index >= 15 is 0 Å². The van der Waals surface area contributed by atoms with E-state index in [4.69, 9.17) is 4.42 Å². The second kappa shape index (κ2) is 4.99. The number of hydrogen-bond donors (Lipinski definition) is 1. The van der Waals surface area contributed by atoms with Gasteiger partial charge in [-0.1, -0.05) is 26.2 Å². The maximum Gasteiger partial charge on any atom is 0.0960 e. The largest absolute Gasteiger partial charge is 0.472 e. The Labute approximate surface area is 73.2 Å². The van der Waals surface area contributed by atoms with Gasteiger partial charge in [0.15, 0.2) is 0 Å². The molecule has 0 bridgehead atoms. The Morgan fingerprint density at radius 2 is 2.33 bits per heavy atom. The summed E-state index contributed by atoms with van der Waals surface area (Å²) in [5.74, 6) is 0. The highest BCUT2D eigenvalue weighted by atomic mass is 16.3. The molecule has 0 aromatic carbocycles. The van der Waals surface area contributed by atoms with E-state index in [9.17, 15) is 5.11 Å². The van der Waals surface area contributed by atoms with Crippen molar-refractivity contribution in [2.45, 2.75) is 38.7 Å². The molecule has 0 saturated heterocycles. The van der Waals surface area contributed by atoms with Gasteiger partial charge >= 0.3 is 0 Å². The van der Waals surface area contributed by atoms with Crippen LogP contribution in [0.3, 0.4) is 0 Å². The lowest BCUT2D eigenvalue weighted by atomic mass is 10.1. The monoisotopic (exact) mass is 168 g/mol. The molecule has 0 radical (unpaired) electrons. The minimum absolute atomic E-state index is 0.338. The van der Waals surface area contributed by atoms with E-state index in [1.807, 2.05) is 6.07 Å². The molecule has 0 saturated carbocycles. The van der Waals surface area contributed by atoms with Gasteiger partial charge in [-0.2, -0.15) is 0 Å². The van der Waals surface area contributed by atoms with Crippen molar-refractivity contribution in [2.75, 3.05) is 0 Å². The summed E-state index contributed by atoms with van der Waals surface area (Å²) in [6, 6.07) is 1.82. The minimum atomic E-state index is -0.338. The van der Waals surface area contributed by atoms with Gasteiger partial charge in [-0.05, 0) is 12.5 Å². The molecule has 0 aliphatic rings. The van der Waals surface area contributed by atoms with Gasteiger partial charge in [-0.15, -0.1) is 0 Å². The van der Waals surface area contributed by atoms with Crippen molar-refractivity contribution in [2.24, 2.45) is 0 Å². The van der Waals surface area contributed by atoms with Crippen molar-refractivity contribution < 1.29 is 9.52 Å². The van der Waals surface area contributed by atoms with Crippen molar-refractivity contribution in [3.8, 4) is 0 Å². The fraction of sp³-hybridized carbons (Fsp3) is 0.600. The third-order valence-electron chi connectivity index (χ3n) is 2.01. The minimum Gasteiger partial charge on any atom is -0.472 e. The summed E-state index contributed by atoms with van der Waals surface area (Å²) < 4.78 is 4.88. The first-order valence-electron chi connectivity index (χ1n) is 4.54. The lowest BCUT2D eigenvalue weighted by Crippen LogP contribution is -1.94. The molecule has 1 atom stereocenters. The molecule has 1 aromatic rings. The summed E-state index contributed by atoms with van der Waals surface area (Å²) in [7, 11) is 0. The molecular formula is C10H16O2. The third-order valence-corrected chi connectivity index (χ3v) is 2.01.